The Labute approximate surface area is 159 Å². The number of hydrogen-bond donors (Lipinski definition) is 1. The Morgan fingerprint density at radius 3 is 2.61 bits per heavy atom. The molecule has 0 radical (unpaired) electrons. The summed E-state index contributed by atoms with van der Waals surface area (Å²) in [4.78, 5) is 36.7. The van der Waals surface area contributed by atoms with Crippen LogP contribution in [0.5, 0.6) is 0 Å². The molecule has 0 spiro atoms. The first-order valence-corrected chi connectivity index (χ1v) is 8.54. The van der Waals surface area contributed by atoms with Crippen molar-refractivity contribution in [3.05, 3.63) is 76.5 Å². The first-order chi connectivity index (χ1) is 13.5. The van der Waals surface area contributed by atoms with Crippen molar-refractivity contribution in [3.63, 3.8) is 0 Å². The lowest BCUT2D eigenvalue weighted by molar-refractivity contribution is -0.141. The zero-order valence-corrected chi connectivity index (χ0v) is 15.1. The van der Waals surface area contributed by atoms with Crippen LogP contribution < -0.4 is 10.9 Å². The fourth-order valence-corrected chi connectivity index (χ4v) is 2.81. The van der Waals surface area contributed by atoms with E-state index < -0.39 is 23.7 Å². The zero-order valence-electron chi connectivity index (χ0n) is 15.1. The Hall–Kier alpha value is -3.55. The molecule has 2 aromatic carbocycles. The Morgan fingerprint density at radius 1 is 1.18 bits per heavy atom. The number of rotatable bonds is 6. The summed E-state index contributed by atoms with van der Waals surface area (Å²) in [5.74, 6) is -1.47. The van der Waals surface area contributed by atoms with Crippen molar-refractivity contribution in [1.82, 2.24) is 15.1 Å². The fraction of sp³-hybridized carbons (Fsp3) is 0.200. The predicted octanol–water partition coefficient (Wildman–Crippen LogP) is 1.96. The molecule has 1 heterocycles. The Kier molecular flexibility index (Phi) is 5.78. The van der Waals surface area contributed by atoms with Crippen molar-refractivity contribution in [3.8, 4) is 0 Å². The molecule has 0 aliphatic carbocycles. The summed E-state index contributed by atoms with van der Waals surface area (Å²) in [6.07, 6.45) is 1.38. The highest BCUT2D eigenvalue weighted by Crippen LogP contribution is 2.18. The van der Waals surface area contributed by atoms with Crippen LogP contribution in [-0.2, 0) is 20.9 Å². The third kappa shape index (κ3) is 4.40. The molecule has 1 unspecified atom stereocenters. The van der Waals surface area contributed by atoms with Crippen LogP contribution in [0.25, 0.3) is 10.8 Å². The second-order valence-corrected chi connectivity index (χ2v) is 6.15. The monoisotopic (exact) mass is 383 g/mol. The highest BCUT2D eigenvalue weighted by molar-refractivity contribution is 5.81. The molecule has 0 aliphatic rings. The van der Waals surface area contributed by atoms with Crippen molar-refractivity contribution in [2.75, 3.05) is 7.11 Å². The lowest BCUT2D eigenvalue weighted by Gasteiger charge is -2.18. The number of benzene rings is 2. The average molecular weight is 383 g/mol. The van der Waals surface area contributed by atoms with E-state index in [1.165, 1.54) is 37.6 Å². The normalized spacial score (nSPS) is 11.8. The summed E-state index contributed by atoms with van der Waals surface area (Å²) in [5.41, 5.74) is 0.151. The van der Waals surface area contributed by atoms with Gasteiger partial charge in [-0.15, -0.1) is 0 Å². The summed E-state index contributed by atoms with van der Waals surface area (Å²) >= 11 is 0. The van der Waals surface area contributed by atoms with E-state index in [9.17, 15) is 18.8 Å². The molecule has 0 saturated heterocycles. The average Bonchev–Trinajstić information content (AvgIpc) is 2.70. The molecule has 3 rings (SSSR count). The van der Waals surface area contributed by atoms with Gasteiger partial charge in [0.15, 0.2) is 0 Å². The maximum absolute atomic E-state index is 13.2. The number of nitrogens with one attached hydrogen (secondary N) is 1. The largest absolute Gasteiger partial charge is 0.469 e. The summed E-state index contributed by atoms with van der Waals surface area (Å²) in [5, 5.41) is 7.83. The lowest BCUT2D eigenvalue weighted by atomic mass is 10.0. The molecule has 0 saturated carbocycles. The van der Waals surface area contributed by atoms with Gasteiger partial charge in [0.1, 0.15) is 12.4 Å². The van der Waals surface area contributed by atoms with Gasteiger partial charge in [0.25, 0.3) is 5.56 Å². The van der Waals surface area contributed by atoms with Crippen LogP contribution in [0.15, 0.2) is 59.5 Å². The maximum atomic E-state index is 13.2. The number of ether oxygens (including phenoxy) is 1. The smallest absolute Gasteiger partial charge is 0.307 e. The minimum absolute atomic E-state index is 0.131. The lowest BCUT2D eigenvalue weighted by Crippen LogP contribution is -2.36. The molecule has 0 bridgehead atoms. The van der Waals surface area contributed by atoms with E-state index >= 15 is 0 Å². The second-order valence-electron chi connectivity index (χ2n) is 6.15. The first-order valence-electron chi connectivity index (χ1n) is 8.54. The van der Waals surface area contributed by atoms with Gasteiger partial charge < -0.3 is 10.1 Å². The number of fused-ring (bicyclic) bond motifs is 1. The van der Waals surface area contributed by atoms with Crippen molar-refractivity contribution in [2.45, 2.75) is 19.0 Å². The van der Waals surface area contributed by atoms with Gasteiger partial charge in [-0.25, -0.2) is 9.07 Å². The van der Waals surface area contributed by atoms with Crippen LogP contribution in [0, 0.1) is 5.82 Å². The maximum Gasteiger partial charge on any atom is 0.307 e. The summed E-state index contributed by atoms with van der Waals surface area (Å²) < 4.78 is 18.9. The van der Waals surface area contributed by atoms with E-state index in [0.29, 0.717) is 16.3 Å². The van der Waals surface area contributed by atoms with E-state index in [0.717, 1.165) is 4.68 Å². The molecule has 1 atom stereocenters. The van der Waals surface area contributed by atoms with Gasteiger partial charge in [0.05, 0.1) is 31.2 Å². The van der Waals surface area contributed by atoms with E-state index in [4.69, 9.17) is 0 Å². The summed E-state index contributed by atoms with van der Waals surface area (Å²) in [6, 6.07) is 11.6. The van der Waals surface area contributed by atoms with Gasteiger partial charge in [-0.3, -0.25) is 14.4 Å². The minimum atomic E-state index is -0.725. The minimum Gasteiger partial charge on any atom is -0.469 e. The Bertz CT molecular complexity index is 1060. The molecular weight excluding hydrogens is 365 g/mol. The van der Waals surface area contributed by atoms with E-state index in [1.54, 1.807) is 24.3 Å². The van der Waals surface area contributed by atoms with Crippen molar-refractivity contribution < 1.29 is 18.7 Å². The predicted molar refractivity (Wildman–Crippen MR) is 99.9 cm³/mol. The second kappa shape index (κ2) is 8.43. The van der Waals surface area contributed by atoms with E-state index in [2.05, 4.69) is 15.2 Å². The molecular formula is C20H18FN3O4. The molecule has 7 nitrogen and oxygen atoms in total. The van der Waals surface area contributed by atoms with Crippen LogP contribution >= 0.6 is 0 Å². The Balaban J connectivity index is 1.80. The van der Waals surface area contributed by atoms with Gasteiger partial charge >= 0.3 is 5.97 Å². The summed E-state index contributed by atoms with van der Waals surface area (Å²) in [6.45, 7) is -0.317. The number of halogens is 1. The van der Waals surface area contributed by atoms with Crippen molar-refractivity contribution in [2.24, 2.45) is 0 Å². The van der Waals surface area contributed by atoms with Crippen molar-refractivity contribution >= 4 is 22.6 Å². The number of esters is 1. The molecule has 144 valence electrons. The van der Waals surface area contributed by atoms with Crippen LogP contribution in [-0.4, -0.2) is 28.8 Å². The summed E-state index contributed by atoms with van der Waals surface area (Å²) in [7, 11) is 1.24. The topological polar surface area (TPSA) is 90.3 Å². The van der Waals surface area contributed by atoms with Gasteiger partial charge in [0.2, 0.25) is 5.91 Å². The number of carbonyl (C=O) groups is 2. The van der Waals surface area contributed by atoms with Crippen LogP contribution in [0.4, 0.5) is 4.39 Å². The van der Waals surface area contributed by atoms with Gasteiger partial charge in [-0.2, -0.15) is 5.10 Å². The number of aromatic nitrogens is 2. The fourth-order valence-electron chi connectivity index (χ4n) is 2.81. The first kappa shape index (κ1) is 19.2. The van der Waals surface area contributed by atoms with E-state index in [1.807, 2.05) is 0 Å². The standard InChI is InChI=1S/C20H18FN3O4/c1-28-19(26)10-17(13-6-8-15(21)9-7-13)23-18(25)12-24-20(27)16-5-3-2-4-14(16)11-22-24/h2-9,11,17H,10,12H2,1H3,(H,23,25). The van der Waals surface area contributed by atoms with E-state index in [-0.39, 0.29) is 18.5 Å². The van der Waals surface area contributed by atoms with Crippen LogP contribution in [0.3, 0.4) is 0 Å². The molecule has 3 aromatic rings. The molecule has 8 heteroatoms. The molecule has 1 aromatic heterocycles. The zero-order chi connectivity index (χ0) is 20.1. The molecule has 0 fully saturated rings. The molecule has 28 heavy (non-hydrogen) atoms. The van der Waals surface area contributed by atoms with Gasteiger partial charge in [-0.1, -0.05) is 30.3 Å². The van der Waals surface area contributed by atoms with Gasteiger partial charge in [-0.05, 0) is 23.8 Å². The van der Waals surface area contributed by atoms with Gasteiger partial charge in [0, 0.05) is 5.39 Å². The third-order valence-corrected chi connectivity index (χ3v) is 4.26. The van der Waals surface area contributed by atoms with Crippen LogP contribution in [0.2, 0.25) is 0 Å². The SMILES string of the molecule is COC(=O)CC(NC(=O)Cn1ncc2ccccc2c1=O)c1ccc(F)cc1. The highest BCUT2D eigenvalue weighted by atomic mass is 19.1. The number of methoxy groups -OCH3 is 1. The molecule has 1 amide bonds. The van der Waals surface area contributed by atoms with Crippen molar-refractivity contribution in [1.29, 1.82) is 0 Å². The number of nitrogens with zero attached hydrogens (tertiary/aromatic N) is 2. The quantitative estimate of drug-likeness (QED) is 0.657. The Morgan fingerprint density at radius 2 is 1.89 bits per heavy atom. The highest BCUT2D eigenvalue weighted by Gasteiger charge is 2.20. The number of carbonyl (C=O) groups excluding carboxylic acids is 2. The van der Waals surface area contributed by atoms with Crippen LogP contribution in [0.1, 0.15) is 18.0 Å². The molecule has 0 aliphatic heterocycles. The number of amides is 1. The molecule has 1 N–H and O–H groups in total. The number of hydrogen-bond acceptors (Lipinski definition) is 5. The third-order valence-electron chi connectivity index (χ3n) is 4.26.